The van der Waals surface area contributed by atoms with Crippen LogP contribution >= 0.6 is 11.3 Å². The Balaban J connectivity index is 1.58. The molecule has 1 unspecified atom stereocenters. The van der Waals surface area contributed by atoms with Crippen molar-refractivity contribution in [1.82, 2.24) is 20.1 Å². The number of nitrogens with one attached hydrogen (secondary N) is 2. The van der Waals surface area contributed by atoms with Crippen LogP contribution in [-0.4, -0.2) is 26.7 Å². The highest BCUT2D eigenvalue weighted by molar-refractivity contribution is 7.10. The number of aromatic nitrogens is 3. The molecule has 0 bridgehead atoms. The van der Waals surface area contributed by atoms with Crippen LogP contribution in [0.2, 0.25) is 0 Å². The molecule has 3 amide bonds. The number of amides is 3. The van der Waals surface area contributed by atoms with Crippen molar-refractivity contribution in [3.05, 3.63) is 64.9 Å². The number of urea groups is 1. The van der Waals surface area contributed by atoms with Crippen LogP contribution in [0.5, 0.6) is 0 Å². The molecule has 134 valence electrons. The first-order chi connectivity index (χ1) is 12.6. The van der Waals surface area contributed by atoms with Crippen LogP contribution < -0.4 is 16.4 Å². The summed E-state index contributed by atoms with van der Waals surface area (Å²) in [6.45, 7) is 0.608. The second-order valence-electron chi connectivity index (χ2n) is 5.62. The maximum absolute atomic E-state index is 12.3. The standard InChI is InChI=1S/C17H18N6O2S/c18-17(25)22-14(15-2-1-7-26-15)8-16(24)21-13-5-3-12(4-6-13)9-23-11-19-10-20-23/h1-7,10-11,14H,8-9H2,(H,21,24)(H3,18,22,25). The van der Waals surface area contributed by atoms with E-state index in [4.69, 9.17) is 5.73 Å². The van der Waals surface area contributed by atoms with E-state index in [1.54, 1.807) is 11.0 Å². The predicted molar refractivity (Wildman–Crippen MR) is 98.6 cm³/mol. The van der Waals surface area contributed by atoms with Crippen LogP contribution in [-0.2, 0) is 11.3 Å². The fourth-order valence-corrected chi connectivity index (χ4v) is 3.25. The molecule has 3 rings (SSSR count). The van der Waals surface area contributed by atoms with E-state index in [2.05, 4.69) is 20.7 Å². The monoisotopic (exact) mass is 370 g/mol. The zero-order valence-corrected chi connectivity index (χ0v) is 14.6. The van der Waals surface area contributed by atoms with Crippen molar-refractivity contribution in [2.75, 3.05) is 5.32 Å². The molecule has 8 nitrogen and oxygen atoms in total. The van der Waals surface area contributed by atoms with Gasteiger partial charge in [0.2, 0.25) is 5.91 Å². The Hall–Kier alpha value is -3.20. The van der Waals surface area contributed by atoms with Crippen LogP contribution in [0.25, 0.3) is 0 Å². The number of hydrogen-bond donors (Lipinski definition) is 3. The van der Waals surface area contributed by atoms with Gasteiger partial charge in [-0.1, -0.05) is 18.2 Å². The van der Waals surface area contributed by atoms with Gasteiger partial charge in [-0.25, -0.2) is 14.5 Å². The molecule has 0 radical (unpaired) electrons. The second kappa shape index (κ2) is 8.26. The molecule has 0 aliphatic carbocycles. The Morgan fingerprint density at radius 3 is 2.65 bits per heavy atom. The molecule has 9 heteroatoms. The smallest absolute Gasteiger partial charge is 0.312 e. The number of benzene rings is 1. The number of anilines is 1. The average Bonchev–Trinajstić information content (AvgIpc) is 3.29. The minimum Gasteiger partial charge on any atom is -0.352 e. The van der Waals surface area contributed by atoms with E-state index >= 15 is 0 Å². The quantitative estimate of drug-likeness (QED) is 0.591. The van der Waals surface area contributed by atoms with Gasteiger partial charge < -0.3 is 16.4 Å². The normalized spacial score (nSPS) is 11.7. The highest BCUT2D eigenvalue weighted by atomic mass is 32.1. The lowest BCUT2D eigenvalue weighted by atomic mass is 10.1. The van der Waals surface area contributed by atoms with Crippen molar-refractivity contribution in [3.63, 3.8) is 0 Å². The summed E-state index contributed by atoms with van der Waals surface area (Å²) in [5.41, 5.74) is 6.93. The van der Waals surface area contributed by atoms with E-state index in [-0.39, 0.29) is 12.3 Å². The first-order valence-electron chi connectivity index (χ1n) is 7.91. The Bertz CT molecular complexity index is 846. The van der Waals surface area contributed by atoms with Gasteiger partial charge in [0.15, 0.2) is 0 Å². The molecule has 1 aromatic carbocycles. The lowest BCUT2D eigenvalue weighted by Gasteiger charge is -2.16. The van der Waals surface area contributed by atoms with Crippen molar-refractivity contribution in [2.24, 2.45) is 5.73 Å². The third kappa shape index (κ3) is 4.90. The summed E-state index contributed by atoms with van der Waals surface area (Å²) in [6, 6.07) is 10.1. The van der Waals surface area contributed by atoms with Crippen molar-refractivity contribution in [3.8, 4) is 0 Å². The van der Waals surface area contributed by atoms with E-state index < -0.39 is 12.1 Å². The first-order valence-corrected chi connectivity index (χ1v) is 8.78. The summed E-state index contributed by atoms with van der Waals surface area (Å²) in [5.74, 6) is -0.207. The molecule has 0 saturated heterocycles. The van der Waals surface area contributed by atoms with Crippen LogP contribution in [0.1, 0.15) is 22.9 Å². The molecule has 3 aromatic rings. The van der Waals surface area contributed by atoms with Gasteiger partial charge in [0, 0.05) is 10.6 Å². The summed E-state index contributed by atoms with van der Waals surface area (Å²) in [4.78, 5) is 28.3. The summed E-state index contributed by atoms with van der Waals surface area (Å²) >= 11 is 1.46. The molecule has 4 N–H and O–H groups in total. The molecule has 0 aliphatic rings. The maximum atomic E-state index is 12.3. The first kappa shape index (κ1) is 17.6. The van der Waals surface area contributed by atoms with E-state index in [1.165, 1.54) is 17.7 Å². The van der Waals surface area contributed by atoms with Crippen molar-refractivity contribution >= 4 is 29.0 Å². The fraction of sp³-hybridized carbons (Fsp3) is 0.176. The molecule has 0 fully saturated rings. The fourth-order valence-electron chi connectivity index (χ4n) is 2.48. The Morgan fingerprint density at radius 1 is 1.23 bits per heavy atom. The Labute approximate surface area is 154 Å². The van der Waals surface area contributed by atoms with E-state index in [0.29, 0.717) is 12.2 Å². The summed E-state index contributed by atoms with van der Waals surface area (Å²) in [5, 5.41) is 11.4. The van der Waals surface area contributed by atoms with Gasteiger partial charge in [0.1, 0.15) is 12.7 Å². The van der Waals surface area contributed by atoms with Crippen LogP contribution in [0, 0.1) is 0 Å². The Morgan fingerprint density at radius 2 is 2.04 bits per heavy atom. The summed E-state index contributed by atoms with van der Waals surface area (Å²) < 4.78 is 1.72. The number of carbonyl (C=O) groups is 2. The van der Waals surface area contributed by atoms with Gasteiger partial charge in [-0.2, -0.15) is 5.10 Å². The van der Waals surface area contributed by atoms with Crippen LogP contribution in [0.4, 0.5) is 10.5 Å². The Kier molecular flexibility index (Phi) is 5.59. The lowest BCUT2D eigenvalue weighted by molar-refractivity contribution is -0.116. The van der Waals surface area contributed by atoms with Gasteiger partial charge in [0.05, 0.1) is 19.0 Å². The molecule has 26 heavy (non-hydrogen) atoms. The van der Waals surface area contributed by atoms with Crippen molar-refractivity contribution in [1.29, 1.82) is 0 Å². The second-order valence-corrected chi connectivity index (χ2v) is 6.60. The average molecular weight is 370 g/mol. The van der Waals surface area contributed by atoms with Gasteiger partial charge in [-0.05, 0) is 29.1 Å². The zero-order valence-electron chi connectivity index (χ0n) is 13.8. The number of carbonyl (C=O) groups excluding carboxylic acids is 2. The van der Waals surface area contributed by atoms with Gasteiger partial charge in [0.25, 0.3) is 0 Å². The summed E-state index contributed by atoms with van der Waals surface area (Å²) in [7, 11) is 0. The SMILES string of the molecule is NC(=O)NC(CC(=O)Nc1ccc(Cn2cncn2)cc1)c1cccs1. The number of hydrogen-bond acceptors (Lipinski definition) is 5. The molecule has 0 aliphatic heterocycles. The van der Waals surface area contributed by atoms with E-state index in [9.17, 15) is 9.59 Å². The number of nitrogens with two attached hydrogens (primary N) is 1. The third-order valence-electron chi connectivity index (χ3n) is 3.64. The molecule has 0 spiro atoms. The molecule has 0 saturated carbocycles. The van der Waals surface area contributed by atoms with Gasteiger partial charge in [-0.3, -0.25) is 4.79 Å². The highest BCUT2D eigenvalue weighted by Crippen LogP contribution is 2.22. The lowest BCUT2D eigenvalue weighted by Crippen LogP contribution is -2.34. The highest BCUT2D eigenvalue weighted by Gasteiger charge is 2.18. The molecule has 2 aromatic heterocycles. The van der Waals surface area contributed by atoms with E-state index in [0.717, 1.165) is 10.4 Å². The molecular weight excluding hydrogens is 352 g/mol. The number of rotatable bonds is 7. The largest absolute Gasteiger partial charge is 0.352 e. The molecular formula is C17H18N6O2S. The van der Waals surface area contributed by atoms with Gasteiger partial charge in [-0.15, -0.1) is 11.3 Å². The van der Waals surface area contributed by atoms with E-state index in [1.807, 2.05) is 41.8 Å². The minimum atomic E-state index is -0.659. The van der Waals surface area contributed by atoms with Crippen LogP contribution in [0.15, 0.2) is 54.4 Å². The van der Waals surface area contributed by atoms with Gasteiger partial charge >= 0.3 is 6.03 Å². The maximum Gasteiger partial charge on any atom is 0.312 e. The summed E-state index contributed by atoms with van der Waals surface area (Å²) in [6.07, 6.45) is 3.23. The van der Waals surface area contributed by atoms with Crippen LogP contribution in [0.3, 0.4) is 0 Å². The third-order valence-corrected chi connectivity index (χ3v) is 4.63. The number of nitrogens with zero attached hydrogens (tertiary/aromatic N) is 3. The molecule has 2 heterocycles. The predicted octanol–water partition coefficient (Wildman–Crippen LogP) is 2.13. The minimum absolute atomic E-state index is 0.101. The molecule has 1 atom stereocenters. The number of primary amides is 1. The van der Waals surface area contributed by atoms with Crippen molar-refractivity contribution in [2.45, 2.75) is 19.0 Å². The topological polar surface area (TPSA) is 115 Å². The zero-order chi connectivity index (χ0) is 18.4. The van der Waals surface area contributed by atoms with Crippen molar-refractivity contribution < 1.29 is 9.59 Å². The number of thiophene rings is 1.